The lowest BCUT2D eigenvalue weighted by Crippen LogP contribution is -2.15. The molecule has 7 heteroatoms. The van der Waals surface area contributed by atoms with Gasteiger partial charge < -0.3 is 9.26 Å². The van der Waals surface area contributed by atoms with Crippen LogP contribution in [-0.2, 0) is 4.74 Å². The predicted octanol–water partition coefficient (Wildman–Crippen LogP) is 4.60. The van der Waals surface area contributed by atoms with Gasteiger partial charge in [0.05, 0.1) is 11.1 Å². The normalized spacial score (nSPS) is 11.1. The summed E-state index contributed by atoms with van der Waals surface area (Å²) in [5, 5.41) is 4.73. The van der Waals surface area contributed by atoms with E-state index >= 15 is 0 Å². The Kier molecular flexibility index (Phi) is 5.19. The van der Waals surface area contributed by atoms with E-state index in [2.05, 4.69) is 10.1 Å². The molecule has 0 spiro atoms. The summed E-state index contributed by atoms with van der Waals surface area (Å²) in [6, 6.07) is 11.0. The minimum atomic E-state index is -0.546. The first-order chi connectivity index (χ1) is 14.7. The zero-order valence-corrected chi connectivity index (χ0v) is 18.1. The Morgan fingerprint density at radius 1 is 1.00 bits per heavy atom. The Balaban J connectivity index is 1.57. The van der Waals surface area contributed by atoms with E-state index in [0.717, 1.165) is 16.8 Å². The maximum Gasteiger partial charge on any atom is 0.339 e. The summed E-state index contributed by atoms with van der Waals surface area (Å²) in [6.45, 7) is 8.94. The zero-order chi connectivity index (χ0) is 22.3. The van der Waals surface area contributed by atoms with E-state index in [4.69, 9.17) is 9.26 Å². The van der Waals surface area contributed by atoms with Crippen molar-refractivity contribution in [3.63, 3.8) is 0 Å². The summed E-state index contributed by atoms with van der Waals surface area (Å²) < 4.78 is 12.4. The van der Waals surface area contributed by atoms with Crippen molar-refractivity contribution in [1.29, 1.82) is 0 Å². The van der Waals surface area contributed by atoms with Crippen molar-refractivity contribution in [1.82, 2.24) is 14.7 Å². The Bertz CT molecular complexity index is 1330. The average Bonchev–Trinajstić information content (AvgIpc) is 3.27. The maximum absolute atomic E-state index is 12.8. The van der Waals surface area contributed by atoms with Gasteiger partial charge in [0.25, 0.3) is 0 Å². The summed E-state index contributed by atoms with van der Waals surface area (Å²) >= 11 is 0. The summed E-state index contributed by atoms with van der Waals surface area (Å²) in [7, 11) is 0. The molecule has 7 nitrogen and oxygen atoms in total. The fourth-order valence-corrected chi connectivity index (χ4v) is 3.78. The minimum absolute atomic E-state index is 0.279. The van der Waals surface area contributed by atoms with Gasteiger partial charge >= 0.3 is 5.97 Å². The molecule has 0 unspecified atom stereocenters. The van der Waals surface area contributed by atoms with Gasteiger partial charge in [-0.3, -0.25) is 14.3 Å². The molecular formula is C24H23N3O4. The van der Waals surface area contributed by atoms with Gasteiger partial charge in [-0.25, -0.2) is 4.79 Å². The first-order valence-electron chi connectivity index (χ1n) is 9.95. The van der Waals surface area contributed by atoms with Crippen LogP contribution in [0.5, 0.6) is 0 Å². The highest BCUT2D eigenvalue weighted by Crippen LogP contribution is 2.23. The number of aromatic nitrogens is 3. The second-order valence-electron chi connectivity index (χ2n) is 7.75. The molecule has 0 saturated heterocycles. The molecule has 0 radical (unpaired) electrons. The van der Waals surface area contributed by atoms with E-state index in [1.165, 1.54) is 0 Å². The second-order valence-corrected chi connectivity index (χ2v) is 7.75. The smallest absolute Gasteiger partial charge is 0.339 e. The number of rotatable bonds is 5. The standard InChI is InChI=1S/C24H23N3O4/c1-13-6-7-21-19(8-13)20(9-14(2)25-21)24(29)30-12-22(28)18-10-15(3)27(17(18)5)23-11-16(4)31-26-23/h6-11H,12H2,1-5H3. The summed E-state index contributed by atoms with van der Waals surface area (Å²) in [6.07, 6.45) is 0. The van der Waals surface area contributed by atoms with Gasteiger partial charge in [-0.2, -0.15) is 0 Å². The van der Waals surface area contributed by atoms with Crippen molar-refractivity contribution in [2.24, 2.45) is 0 Å². The number of benzene rings is 1. The number of ketones is 1. The molecule has 0 fully saturated rings. The van der Waals surface area contributed by atoms with Crippen LogP contribution in [0.25, 0.3) is 16.7 Å². The third-order valence-electron chi connectivity index (χ3n) is 5.22. The van der Waals surface area contributed by atoms with Crippen LogP contribution in [0.4, 0.5) is 0 Å². The SMILES string of the molecule is Cc1ccc2nc(C)cc(C(=O)OCC(=O)c3cc(C)n(-c4cc(C)on4)c3C)c2c1. The molecule has 3 aromatic heterocycles. The quantitative estimate of drug-likeness (QED) is 0.348. The Hall–Kier alpha value is -3.74. The largest absolute Gasteiger partial charge is 0.454 e. The lowest BCUT2D eigenvalue weighted by molar-refractivity contribution is 0.0476. The first kappa shape index (κ1) is 20.5. The number of ether oxygens (including phenoxy) is 1. The lowest BCUT2D eigenvalue weighted by atomic mass is 10.1. The van der Waals surface area contributed by atoms with Crippen molar-refractivity contribution in [3.05, 3.63) is 75.9 Å². The number of nitrogens with zero attached hydrogens (tertiary/aromatic N) is 3. The third kappa shape index (κ3) is 3.86. The van der Waals surface area contributed by atoms with E-state index in [9.17, 15) is 9.59 Å². The van der Waals surface area contributed by atoms with Crippen LogP contribution < -0.4 is 0 Å². The predicted molar refractivity (Wildman–Crippen MR) is 116 cm³/mol. The van der Waals surface area contributed by atoms with E-state index in [-0.39, 0.29) is 12.4 Å². The molecule has 4 aromatic rings. The number of esters is 1. The molecule has 1 aromatic carbocycles. The van der Waals surface area contributed by atoms with Crippen LogP contribution in [0.1, 0.15) is 49.1 Å². The lowest BCUT2D eigenvalue weighted by Gasteiger charge is -2.09. The summed E-state index contributed by atoms with van der Waals surface area (Å²) in [5.74, 6) is 0.464. The Morgan fingerprint density at radius 2 is 1.77 bits per heavy atom. The highest BCUT2D eigenvalue weighted by atomic mass is 16.5. The van der Waals surface area contributed by atoms with Gasteiger partial charge in [-0.05, 0) is 58.9 Å². The maximum atomic E-state index is 12.8. The molecule has 4 rings (SSSR count). The highest BCUT2D eigenvalue weighted by molar-refractivity contribution is 6.05. The van der Waals surface area contributed by atoms with Crippen molar-refractivity contribution >= 4 is 22.7 Å². The van der Waals surface area contributed by atoms with Gasteiger partial charge in [0.1, 0.15) is 5.76 Å². The minimum Gasteiger partial charge on any atom is -0.454 e. The fourth-order valence-electron chi connectivity index (χ4n) is 3.78. The molecule has 158 valence electrons. The van der Waals surface area contributed by atoms with Gasteiger partial charge in [0.15, 0.2) is 12.4 Å². The van der Waals surface area contributed by atoms with Crippen molar-refractivity contribution in [3.8, 4) is 5.82 Å². The molecular weight excluding hydrogens is 394 g/mol. The van der Waals surface area contributed by atoms with Gasteiger partial charge in [0, 0.05) is 34.1 Å². The molecule has 0 aliphatic rings. The number of aryl methyl sites for hydroxylation is 4. The third-order valence-corrected chi connectivity index (χ3v) is 5.22. The topological polar surface area (TPSA) is 87.2 Å². The van der Waals surface area contributed by atoms with E-state index in [0.29, 0.717) is 39.5 Å². The van der Waals surface area contributed by atoms with Crippen LogP contribution in [0.3, 0.4) is 0 Å². The van der Waals surface area contributed by atoms with Gasteiger partial charge in [-0.1, -0.05) is 16.8 Å². The van der Waals surface area contributed by atoms with Crippen LogP contribution in [0.2, 0.25) is 0 Å². The zero-order valence-electron chi connectivity index (χ0n) is 18.1. The molecule has 0 N–H and O–H groups in total. The van der Waals surface area contributed by atoms with E-state index in [1.54, 1.807) is 18.2 Å². The molecule has 0 aliphatic heterocycles. The second kappa shape index (κ2) is 7.83. The number of fused-ring (bicyclic) bond motifs is 1. The van der Waals surface area contributed by atoms with Crippen LogP contribution >= 0.6 is 0 Å². The van der Waals surface area contributed by atoms with Crippen LogP contribution in [-0.4, -0.2) is 33.1 Å². The van der Waals surface area contributed by atoms with Crippen molar-refractivity contribution in [2.75, 3.05) is 6.61 Å². The molecule has 3 heterocycles. The molecule has 0 saturated carbocycles. The molecule has 31 heavy (non-hydrogen) atoms. The van der Waals surface area contributed by atoms with Crippen LogP contribution in [0, 0.1) is 34.6 Å². The average molecular weight is 417 g/mol. The molecule has 0 amide bonds. The summed E-state index contributed by atoms with van der Waals surface area (Å²) in [5.41, 5.74) is 4.88. The molecule has 0 aliphatic carbocycles. The van der Waals surface area contributed by atoms with Gasteiger partial charge in [-0.15, -0.1) is 0 Å². The monoisotopic (exact) mass is 417 g/mol. The number of carbonyl (C=O) groups excluding carboxylic acids is 2. The van der Waals surface area contributed by atoms with E-state index < -0.39 is 5.97 Å². The fraction of sp³-hybridized carbons (Fsp3) is 0.250. The Morgan fingerprint density at radius 3 is 2.48 bits per heavy atom. The number of Topliss-reactive ketones (excluding diaryl/α,β-unsaturated/α-hetero) is 1. The van der Waals surface area contributed by atoms with Crippen LogP contribution in [0.15, 0.2) is 40.9 Å². The van der Waals surface area contributed by atoms with Crippen molar-refractivity contribution < 1.29 is 18.8 Å². The Labute approximate surface area is 179 Å². The molecule has 0 bridgehead atoms. The van der Waals surface area contributed by atoms with E-state index in [1.807, 2.05) is 57.4 Å². The number of hydrogen-bond donors (Lipinski definition) is 0. The van der Waals surface area contributed by atoms with Gasteiger partial charge in [0.2, 0.25) is 5.78 Å². The number of carbonyl (C=O) groups is 2. The highest BCUT2D eigenvalue weighted by Gasteiger charge is 2.21. The summed E-state index contributed by atoms with van der Waals surface area (Å²) in [4.78, 5) is 30.1. The molecule has 0 atom stereocenters. The number of pyridine rings is 1. The number of hydrogen-bond acceptors (Lipinski definition) is 6. The van der Waals surface area contributed by atoms with Crippen molar-refractivity contribution in [2.45, 2.75) is 34.6 Å². The first-order valence-corrected chi connectivity index (χ1v) is 9.95.